The quantitative estimate of drug-likeness (QED) is 0.526. The smallest absolute Gasteiger partial charge is 0.251 e. The summed E-state index contributed by atoms with van der Waals surface area (Å²) in [4.78, 5) is 24.4. The normalized spacial score (nSPS) is 11.3. The number of anilines is 2. The Morgan fingerprint density at radius 2 is 1.83 bits per heavy atom. The van der Waals surface area contributed by atoms with Gasteiger partial charge >= 0.3 is 0 Å². The Labute approximate surface area is 172 Å². The minimum atomic E-state index is -0.185. The van der Waals surface area contributed by atoms with E-state index in [1.807, 2.05) is 26.8 Å². The number of hydrogen-bond donors (Lipinski definition) is 3. The van der Waals surface area contributed by atoms with Crippen molar-refractivity contribution in [1.82, 2.24) is 5.32 Å². The summed E-state index contributed by atoms with van der Waals surface area (Å²) in [6, 6.07) is 14.4. The molecule has 29 heavy (non-hydrogen) atoms. The molecule has 2 aromatic carbocycles. The lowest BCUT2D eigenvalue weighted by molar-refractivity contribution is -0.114. The number of hydrogen-bond acceptors (Lipinski definition) is 4. The molecular formula is C23H29N3O3. The van der Waals surface area contributed by atoms with Gasteiger partial charge in [0.1, 0.15) is 12.4 Å². The highest BCUT2D eigenvalue weighted by atomic mass is 16.5. The number of nitrogens with one attached hydrogen (secondary N) is 3. The van der Waals surface area contributed by atoms with Crippen LogP contribution in [0.1, 0.15) is 37.6 Å². The second-order valence-corrected chi connectivity index (χ2v) is 7.04. The lowest BCUT2D eigenvalue weighted by Gasteiger charge is -2.13. The third-order valence-corrected chi connectivity index (χ3v) is 4.19. The van der Waals surface area contributed by atoms with Crippen LogP contribution in [-0.2, 0) is 4.79 Å². The molecule has 0 heterocycles. The van der Waals surface area contributed by atoms with E-state index in [1.165, 1.54) is 0 Å². The Morgan fingerprint density at radius 1 is 1.10 bits per heavy atom. The van der Waals surface area contributed by atoms with Gasteiger partial charge in [0.25, 0.3) is 5.91 Å². The van der Waals surface area contributed by atoms with Gasteiger partial charge in [-0.1, -0.05) is 19.6 Å². The summed E-state index contributed by atoms with van der Waals surface area (Å²) < 4.78 is 5.54. The summed E-state index contributed by atoms with van der Waals surface area (Å²) in [5.41, 5.74) is 2.89. The van der Waals surface area contributed by atoms with Crippen molar-refractivity contribution in [2.45, 2.75) is 33.2 Å². The molecule has 0 aliphatic carbocycles. The largest absolute Gasteiger partial charge is 0.489 e. The van der Waals surface area contributed by atoms with Crippen molar-refractivity contribution in [3.63, 3.8) is 0 Å². The minimum Gasteiger partial charge on any atom is -0.489 e. The fourth-order valence-corrected chi connectivity index (χ4v) is 2.41. The third-order valence-electron chi connectivity index (χ3n) is 4.19. The topological polar surface area (TPSA) is 79.5 Å². The number of ether oxygens (including phenoxy) is 1. The molecule has 0 radical (unpaired) electrons. The van der Waals surface area contributed by atoms with E-state index >= 15 is 0 Å². The fourth-order valence-electron chi connectivity index (χ4n) is 2.41. The highest BCUT2D eigenvalue weighted by Crippen LogP contribution is 2.16. The lowest BCUT2D eigenvalue weighted by atomic mass is 10.1. The van der Waals surface area contributed by atoms with Crippen LogP contribution in [0.25, 0.3) is 0 Å². The summed E-state index contributed by atoms with van der Waals surface area (Å²) in [5.74, 6) is 0.410. The van der Waals surface area contributed by atoms with E-state index in [2.05, 4.69) is 22.5 Å². The van der Waals surface area contributed by atoms with Crippen LogP contribution in [0, 0.1) is 0 Å². The van der Waals surface area contributed by atoms with Crippen LogP contribution in [-0.4, -0.2) is 31.0 Å². The Morgan fingerprint density at radius 3 is 2.48 bits per heavy atom. The highest BCUT2D eigenvalue weighted by Gasteiger charge is 2.09. The molecule has 2 amide bonds. The Balaban J connectivity index is 1.85. The molecule has 0 aromatic heterocycles. The molecule has 3 N–H and O–H groups in total. The predicted octanol–water partition coefficient (Wildman–Crippen LogP) is 4.22. The Kier molecular flexibility index (Phi) is 8.27. The van der Waals surface area contributed by atoms with Crippen molar-refractivity contribution < 1.29 is 14.3 Å². The van der Waals surface area contributed by atoms with Gasteiger partial charge in [-0.05, 0) is 68.3 Å². The fraction of sp³-hybridized carbons (Fsp3) is 0.304. The number of amides is 2. The molecule has 0 bridgehead atoms. The molecular weight excluding hydrogens is 366 g/mol. The van der Waals surface area contributed by atoms with Gasteiger partial charge in [-0.3, -0.25) is 9.59 Å². The average Bonchev–Trinajstić information content (AvgIpc) is 2.71. The molecule has 0 fully saturated rings. The first-order valence-corrected chi connectivity index (χ1v) is 9.69. The van der Waals surface area contributed by atoms with Crippen molar-refractivity contribution in [1.29, 1.82) is 0 Å². The van der Waals surface area contributed by atoms with Crippen LogP contribution in [0.2, 0.25) is 0 Å². The molecule has 6 heteroatoms. The molecule has 1 atom stereocenters. The molecule has 0 aliphatic heterocycles. The first-order valence-electron chi connectivity index (χ1n) is 9.69. The minimum absolute atomic E-state index is 0.0876. The van der Waals surface area contributed by atoms with Crippen LogP contribution in [0.15, 0.2) is 60.7 Å². The van der Waals surface area contributed by atoms with Crippen molar-refractivity contribution in [3.05, 3.63) is 66.2 Å². The SMILES string of the molecule is C=C(C)COc1ccc(NC(=O)CNc2cccc(C(=O)NC(C)CC)c2)cc1. The van der Waals surface area contributed by atoms with E-state index in [0.29, 0.717) is 23.5 Å². The molecule has 2 aromatic rings. The predicted molar refractivity (Wildman–Crippen MR) is 118 cm³/mol. The van der Waals surface area contributed by atoms with Crippen molar-refractivity contribution in [3.8, 4) is 5.75 Å². The molecule has 0 spiro atoms. The number of benzene rings is 2. The summed E-state index contributed by atoms with van der Waals surface area (Å²) in [7, 11) is 0. The van der Waals surface area contributed by atoms with Crippen LogP contribution in [0.4, 0.5) is 11.4 Å². The zero-order valence-corrected chi connectivity index (χ0v) is 17.2. The van der Waals surface area contributed by atoms with Crippen LogP contribution in [0.5, 0.6) is 5.75 Å². The molecule has 6 nitrogen and oxygen atoms in total. The molecule has 1 unspecified atom stereocenters. The maximum absolute atomic E-state index is 12.2. The van der Waals surface area contributed by atoms with Gasteiger partial charge in [-0.2, -0.15) is 0 Å². The first-order chi connectivity index (χ1) is 13.9. The van der Waals surface area contributed by atoms with Gasteiger partial charge in [0, 0.05) is 23.0 Å². The maximum Gasteiger partial charge on any atom is 0.251 e. The number of rotatable bonds is 10. The van der Waals surface area contributed by atoms with E-state index in [4.69, 9.17) is 4.74 Å². The van der Waals surface area contributed by atoms with E-state index in [0.717, 1.165) is 17.7 Å². The van der Waals surface area contributed by atoms with E-state index in [1.54, 1.807) is 42.5 Å². The van der Waals surface area contributed by atoms with Gasteiger partial charge in [-0.15, -0.1) is 0 Å². The molecule has 0 saturated heterocycles. The van der Waals surface area contributed by atoms with Gasteiger partial charge in [0.2, 0.25) is 5.91 Å². The standard InChI is InChI=1S/C23H29N3O3/c1-5-17(4)25-23(28)18-7-6-8-20(13-18)24-14-22(27)26-19-9-11-21(12-10-19)29-15-16(2)3/h6-13,17,24H,2,5,14-15H2,1,3-4H3,(H,25,28)(H,26,27). The number of carbonyl (C=O) groups excluding carboxylic acids is 2. The number of carbonyl (C=O) groups is 2. The van der Waals surface area contributed by atoms with Gasteiger partial charge in [0.15, 0.2) is 0 Å². The van der Waals surface area contributed by atoms with E-state index < -0.39 is 0 Å². The zero-order chi connectivity index (χ0) is 21.2. The molecule has 0 aliphatic rings. The monoisotopic (exact) mass is 395 g/mol. The van der Waals surface area contributed by atoms with Gasteiger partial charge < -0.3 is 20.7 Å². The van der Waals surface area contributed by atoms with E-state index in [-0.39, 0.29) is 24.4 Å². The second-order valence-electron chi connectivity index (χ2n) is 7.04. The van der Waals surface area contributed by atoms with Gasteiger partial charge in [0.05, 0.1) is 6.54 Å². The Bertz CT molecular complexity index is 847. The average molecular weight is 396 g/mol. The molecule has 154 valence electrons. The van der Waals surface area contributed by atoms with Gasteiger partial charge in [-0.25, -0.2) is 0 Å². The lowest BCUT2D eigenvalue weighted by Crippen LogP contribution is -2.31. The summed E-state index contributed by atoms with van der Waals surface area (Å²) in [6.45, 7) is 10.2. The summed E-state index contributed by atoms with van der Waals surface area (Å²) >= 11 is 0. The van der Waals surface area contributed by atoms with Crippen LogP contribution in [0.3, 0.4) is 0 Å². The van der Waals surface area contributed by atoms with Crippen molar-refractivity contribution >= 4 is 23.2 Å². The summed E-state index contributed by atoms with van der Waals surface area (Å²) in [5, 5.41) is 8.80. The molecule has 2 rings (SSSR count). The second kappa shape index (κ2) is 10.9. The Hall–Kier alpha value is -3.28. The van der Waals surface area contributed by atoms with Crippen LogP contribution >= 0.6 is 0 Å². The third kappa shape index (κ3) is 7.70. The van der Waals surface area contributed by atoms with Crippen molar-refractivity contribution in [2.75, 3.05) is 23.8 Å². The van der Waals surface area contributed by atoms with E-state index in [9.17, 15) is 9.59 Å². The first kappa shape index (κ1) is 22.0. The zero-order valence-electron chi connectivity index (χ0n) is 17.2. The van der Waals surface area contributed by atoms with Crippen LogP contribution < -0.4 is 20.7 Å². The van der Waals surface area contributed by atoms with Crippen molar-refractivity contribution in [2.24, 2.45) is 0 Å². The highest BCUT2D eigenvalue weighted by molar-refractivity contribution is 5.96. The summed E-state index contributed by atoms with van der Waals surface area (Å²) in [6.07, 6.45) is 0.866. The maximum atomic E-state index is 12.2. The molecule has 0 saturated carbocycles.